The standard InChI is InChI=1S/C23H19N3O/c24-23(27)16-26-15-19(21-8-4-5-9-22(21)26)14-25-20-12-10-18(11-13-20)17-6-2-1-3-7-17/h1-15H,16H2,(H2,24,27). The Morgan fingerprint density at radius 1 is 0.889 bits per heavy atom. The van der Waals surface area contributed by atoms with Gasteiger partial charge in [0.15, 0.2) is 0 Å². The maximum Gasteiger partial charge on any atom is 0.237 e. The number of primary amides is 1. The van der Waals surface area contributed by atoms with Gasteiger partial charge in [-0.1, -0.05) is 60.7 Å². The minimum Gasteiger partial charge on any atom is -0.368 e. The molecule has 0 saturated carbocycles. The van der Waals surface area contributed by atoms with Crippen LogP contribution in [0.2, 0.25) is 0 Å². The molecular weight excluding hydrogens is 334 g/mol. The van der Waals surface area contributed by atoms with Crippen molar-refractivity contribution in [3.63, 3.8) is 0 Å². The number of nitrogens with zero attached hydrogens (tertiary/aromatic N) is 2. The summed E-state index contributed by atoms with van der Waals surface area (Å²) < 4.78 is 1.86. The lowest BCUT2D eigenvalue weighted by Crippen LogP contribution is -2.17. The number of hydrogen-bond donors (Lipinski definition) is 1. The second-order valence-electron chi connectivity index (χ2n) is 6.37. The molecule has 4 aromatic rings. The number of aromatic nitrogens is 1. The van der Waals surface area contributed by atoms with Crippen molar-refractivity contribution in [1.29, 1.82) is 0 Å². The number of rotatable bonds is 5. The van der Waals surface area contributed by atoms with Gasteiger partial charge in [-0.2, -0.15) is 0 Å². The van der Waals surface area contributed by atoms with Gasteiger partial charge in [0.1, 0.15) is 6.54 Å². The lowest BCUT2D eigenvalue weighted by Gasteiger charge is -2.01. The molecule has 1 heterocycles. The first-order valence-corrected chi connectivity index (χ1v) is 8.76. The van der Waals surface area contributed by atoms with E-state index in [1.807, 2.05) is 71.6 Å². The van der Waals surface area contributed by atoms with Crippen molar-refractivity contribution in [2.75, 3.05) is 0 Å². The SMILES string of the molecule is NC(=O)Cn1cc(C=Nc2ccc(-c3ccccc3)cc2)c2ccccc21. The van der Waals surface area contributed by atoms with Gasteiger partial charge in [0.05, 0.1) is 5.69 Å². The minimum atomic E-state index is -0.365. The van der Waals surface area contributed by atoms with Crippen LogP contribution < -0.4 is 5.73 Å². The number of amides is 1. The second-order valence-corrected chi connectivity index (χ2v) is 6.37. The average Bonchev–Trinajstić information content (AvgIpc) is 3.05. The van der Waals surface area contributed by atoms with Crippen LogP contribution in [0.25, 0.3) is 22.0 Å². The number of carbonyl (C=O) groups excluding carboxylic acids is 1. The Morgan fingerprint density at radius 2 is 1.56 bits per heavy atom. The first-order valence-electron chi connectivity index (χ1n) is 8.76. The van der Waals surface area contributed by atoms with E-state index in [4.69, 9.17) is 5.73 Å². The maximum absolute atomic E-state index is 11.3. The monoisotopic (exact) mass is 353 g/mol. The molecule has 0 aliphatic rings. The molecule has 0 radical (unpaired) electrons. The highest BCUT2D eigenvalue weighted by Gasteiger charge is 2.08. The molecular formula is C23H19N3O. The topological polar surface area (TPSA) is 60.4 Å². The van der Waals surface area contributed by atoms with Crippen LogP contribution in [0.3, 0.4) is 0 Å². The minimum absolute atomic E-state index is 0.153. The summed E-state index contributed by atoms with van der Waals surface area (Å²) in [6.07, 6.45) is 3.74. The lowest BCUT2D eigenvalue weighted by atomic mass is 10.1. The van der Waals surface area contributed by atoms with Crippen molar-refractivity contribution < 1.29 is 4.79 Å². The normalized spacial score (nSPS) is 11.3. The molecule has 0 aliphatic heterocycles. The zero-order valence-corrected chi connectivity index (χ0v) is 14.7. The summed E-state index contributed by atoms with van der Waals surface area (Å²) in [4.78, 5) is 15.9. The Bertz CT molecular complexity index is 1110. The number of nitrogens with two attached hydrogens (primary N) is 1. The first kappa shape index (κ1) is 16.8. The Labute approximate surface area is 157 Å². The van der Waals surface area contributed by atoms with Gasteiger partial charge in [-0.3, -0.25) is 9.79 Å². The van der Waals surface area contributed by atoms with Crippen LogP contribution in [-0.4, -0.2) is 16.7 Å². The molecule has 0 spiro atoms. The van der Waals surface area contributed by atoms with Crippen molar-refractivity contribution in [1.82, 2.24) is 4.57 Å². The van der Waals surface area contributed by atoms with Gasteiger partial charge in [0.25, 0.3) is 0 Å². The Morgan fingerprint density at radius 3 is 2.30 bits per heavy atom. The molecule has 1 amide bonds. The zero-order chi connectivity index (χ0) is 18.6. The van der Waals surface area contributed by atoms with Crippen LogP contribution in [0.4, 0.5) is 5.69 Å². The smallest absolute Gasteiger partial charge is 0.237 e. The predicted molar refractivity (Wildman–Crippen MR) is 110 cm³/mol. The summed E-state index contributed by atoms with van der Waals surface area (Å²) in [7, 11) is 0. The summed E-state index contributed by atoms with van der Waals surface area (Å²) in [6.45, 7) is 0.153. The Hall–Kier alpha value is -3.66. The quantitative estimate of drug-likeness (QED) is 0.526. The lowest BCUT2D eigenvalue weighted by molar-refractivity contribution is -0.118. The van der Waals surface area contributed by atoms with E-state index >= 15 is 0 Å². The number of hydrogen-bond acceptors (Lipinski definition) is 2. The van der Waals surface area contributed by atoms with Crippen molar-refractivity contribution in [3.8, 4) is 11.1 Å². The van der Waals surface area contributed by atoms with E-state index in [2.05, 4.69) is 29.3 Å². The Kier molecular flexibility index (Phi) is 4.54. The van der Waals surface area contributed by atoms with E-state index in [0.717, 1.165) is 27.7 Å². The third-order valence-electron chi connectivity index (χ3n) is 4.47. The highest BCUT2D eigenvalue weighted by Crippen LogP contribution is 2.24. The number of carbonyl (C=O) groups is 1. The van der Waals surface area contributed by atoms with E-state index in [-0.39, 0.29) is 12.5 Å². The number of fused-ring (bicyclic) bond motifs is 1. The molecule has 132 valence electrons. The van der Waals surface area contributed by atoms with Crippen LogP contribution in [0.1, 0.15) is 5.56 Å². The van der Waals surface area contributed by atoms with Gasteiger partial charge in [0.2, 0.25) is 5.91 Å². The molecule has 0 fully saturated rings. The molecule has 0 aliphatic carbocycles. The summed E-state index contributed by atoms with van der Waals surface area (Å²) in [5.41, 5.74) is 10.5. The van der Waals surface area contributed by atoms with Crippen molar-refractivity contribution in [3.05, 3.63) is 90.6 Å². The van der Waals surface area contributed by atoms with Gasteiger partial charge in [0, 0.05) is 28.9 Å². The summed E-state index contributed by atoms with van der Waals surface area (Å²) in [5.74, 6) is -0.365. The molecule has 4 nitrogen and oxygen atoms in total. The van der Waals surface area contributed by atoms with Gasteiger partial charge < -0.3 is 10.3 Å². The van der Waals surface area contributed by atoms with Crippen LogP contribution in [-0.2, 0) is 11.3 Å². The summed E-state index contributed by atoms with van der Waals surface area (Å²) >= 11 is 0. The van der Waals surface area contributed by atoms with E-state index in [1.54, 1.807) is 0 Å². The third-order valence-corrected chi connectivity index (χ3v) is 4.47. The summed E-state index contributed by atoms with van der Waals surface area (Å²) in [6, 6.07) is 26.3. The number of aliphatic imine (C=N–C) groups is 1. The zero-order valence-electron chi connectivity index (χ0n) is 14.7. The van der Waals surface area contributed by atoms with Gasteiger partial charge in [-0.05, 0) is 29.3 Å². The van der Waals surface area contributed by atoms with Crippen molar-refractivity contribution >= 4 is 28.7 Å². The molecule has 1 aromatic heterocycles. The fraction of sp³-hybridized carbons (Fsp3) is 0.0435. The van der Waals surface area contributed by atoms with Gasteiger partial charge in [-0.25, -0.2) is 0 Å². The van der Waals surface area contributed by atoms with Gasteiger partial charge in [-0.15, -0.1) is 0 Å². The van der Waals surface area contributed by atoms with Crippen LogP contribution in [0.15, 0.2) is 90.1 Å². The van der Waals surface area contributed by atoms with Crippen LogP contribution in [0.5, 0.6) is 0 Å². The van der Waals surface area contributed by atoms with Gasteiger partial charge >= 0.3 is 0 Å². The number of para-hydroxylation sites is 1. The van der Waals surface area contributed by atoms with Crippen LogP contribution >= 0.6 is 0 Å². The molecule has 0 bridgehead atoms. The molecule has 4 heteroatoms. The third kappa shape index (κ3) is 3.65. The fourth-order valence-corrected chi connectivity index (χ4v) is 3.19. The second kappa shape index (κ2) is 7.30. The van der Waals surface area contributed by atoms with Crippen LogP contribution in [0, 0.1) is 0 Å². The van der Waals surface area contributed by atoms with E-state index < -0.39 is 0 Å². The molecule has 0 unspecified atom stereocenters. The molecule has 2 N–H and O–H groups in total. The largest absolute Gasteiger partial charge is 0.368 e. The number of benzene rings is 3. The van der Waals surface area contributed by atoms with E-state index in [9.17, 15) is 4.79 Å². The fourth-order valence-electron chi connectivity index (χ4n) is 3.19. The first-order chi connectivity index (χ1) is 13.2. The molecule has 4 rings (SSSR count). The Balaban J connectivity index is 1.62. The van der Waals surface area contributed by atoms with E-state index in [1.165, 1.54) is 5.56 Å². The molecule has 0 saturated heterocycles. The molecule has 0 atom stereocenters. The van der Waals surface area contributed by atoms with Crippen molar-refractivity contribution in [2.45, 2.75) is 6.54 Å². The summed E-state index contributed by atoms with van der Waals surface area (Å²) in [5, 5.41) is 1.04. The maximum atomic E-state index is 11.3. The highest BCUT2D eigenvalue weighted by molar-refractivity contribution is 6.00. The molecule has 27 heavy (non-hydrogen) atoms. The predicted octanol–water partition coefficient (Wildman–Crippen LogP) is 4.54. The highest BCUT2D eigenvalue weighted by atomic mass is 16.1. The van der Waals surface area contributed by atoms with Crippen molar-refractivity contribution in [2.24, 2.45) is 10.7 Å². The molecule has 3 aromatic carbocycles. The van der Waals surface area contributed by atoms with E-state index in [0.29, 0.717) is 0 Å². The average molecular weight is 353 g/mol.